The highest BCUT2D eigenvalue weighted by atomic mass is 35.5. The van der Waals surface area contributed by atoms with Crippen molar-refractivity contribution in [2.45, 2.75) is 52.5 Å². The number of nitrogens with one attached hydrogen (secondary N) is 1. The monoisotopic (exact) mass is 457 g/mol. The summed E-state index contributed by atoms with van der Waals surface area (Å²) < 4.78 is 0. The third-order valence-corrected chi connectivity index (χ3v) is 7.09. The average Bonchev–Trinajstić information content (AvgIpc) is 3.08. The number of rotatable bonds is 6. The van der Waals surface area contributed by atoms with E-state index < -0.39 is 0 Å². The molecule has 2 aromatic rings. The van der Waals surface area contributed by atoms with Gasteiger partial charge in [-0.05, 0) is 59.0 Å². The zero-order chi connectivity index (χ0) is 19.4. The number of hydrogen-bond donors (Lipinski definition) is 1. The third-order valence-electron chi connectivity index (χ3n) is 5.71. The molecule has 1 aromatic carbocycles. The van der Waals surface area contributed by atoms with Crippen LogP contribution in [0.3, 0.4) is 0 Å². The van der Waals surface area contributed by atoms with E-state index in [0.717, 1.165) is 35.8 Å². The lowest BCUT2D eigenvalue weighted by molar-refractivity contribution is -0.132. The van der Waals surface area contributed by atoms with Gasteiger partial charge in [0, 0.05) is 19.0 Å². The van der Waals surface area contributed by atoms with Crippen molar-refractivity contribution in [2.75, 3.05) is 20.1 Å². The van der Waals surface area contributed by atoms with Gasteiger partial charge in [-0.15, -0.1) is 36.2 Å². The first-order chi connectivity index (χ1) is 13.0. The molecule has 1 unspecified atom stereocenters. The Morgan fingerprint density at radius 3 is 2.45 bits per heavy atom. The van der Waals surface area contributed by atoms with Gasteiger partial charge in [0.25, 0.3) is 0 Å². The fourth-order valence-corrected chi connectivity index (χ4v) is 4.85. The maximum Gasteiger partial charge on any atom is 0.222 e. The lowest BCUT2D eigenvalue weighted by Gasteiger charge is -2.26. The van der Waals surface area contributed by atoms with E-state index in [9.17, 15) is 4.79 Å². The predicted octanol–water partition coefficient (Wildman–Crippen LogP) is 5.57. The zero-order valence-corrected chi connectivity index (χ0v) is 20.2. The fourth-order valence-electron chi connectivity index (χ4n) is 3.68. The molecule has 0 radical (unpaired) electrons. The van der Waals surface area contributed by atoms with Gasteiger partial charge in [-0.25, -0.2) is 4.98 Å². The maximum atomic E-state index is 12.7. The Labute approximate surface area is 191 Å². The molecule has 2 heterocycles. The standard InChI is InChI=1S/C22H31N3OS.2ClH/c1-15-5-8-19(9-6-15)22-24-16(2)21(27-22)17(3)25(4)20(26)10-7-18-11-13-23-14-12-18;;/h5-6,8-9,17-18,23H,7,10-14H2,1-4H3;2*1H. The van der Waals surface area contributed by atoms with Crippen molar-refractivity contribution in [1.82, 2.24) is 15.2 Å². The van der Waals surface area contributed by atoms with Crippen LogP contribution >= 0.6 is 36.2 Å². The predicted molar refractivity (Wildman–Crippen MR) is 128 cm³/mol. The molecule has 1 amide bonds. The molecule has 1 saturated heterocycles. The van der Waals surface area contributed by atoms with Crippen LogP contribution in [0.4, 0.5) is 0 Å². The number of benzene rings is 1. The second-order valence-corrected chi connectivity index (χ2v) is 8.78. The smallest absolute Gasteiger partial charge is 0.222 e. The lowest BCUT2D eigenvalue weighted by Crippen LogP contribution is -2.31. The molecular weight excluding hydrogens is 425 g/mol. The topological polar surface area (TPSA) is 45.2 Å². The summed E-state index contributed by atoms with van der Waals surface area (Å²) in [6.45, 7) is 8.43. The van der Waals surface area contributed by atoms with Gasteiger partial charge in [0.05, 0.1) is 16.6 Å². The van der Waals surface area contributed by atoms with Gasteiger partial charge in [-0.2, -0.15) is 0 Å². The van der Waals surface area contributed by atoms with Crippen LogP contribution in [0, 0.1) is 19.8 Å². The number of aromatic nitrogens is 1. The molecule has 1 N–H and O–H groups in total. The summed E-state index contributed by atoms with van der Waals surface area (Å²) in [6.07, 6.45) is 4.04. The van der Waals surface area contributed by atoms with E-state index in [-0.39, 0.29) is 36.8 Å². The Balaban J connectivity index is 0.00000210. The second kappa shape index (κ2) is 11.9. The van der Waals surface area contributed by atoms with Crippen LogP contribution < -0.4 is 5.32 Å². The molecule has 0 aliphatic carbocycles. The summed E-state index contributed by atoms with van der Waals surface area (Å²) in [4.78, 5) is 20.6. The maximum absolute atomic E-state index is 12.7. The third kappa shape index (κ3) is 6.68. The summed E-state index contributed by atoms with van der Waals surface area (Å²) >= 11 is 1.71. The molecule has 0 spiro atoms. The first kappa shape index (κ1) is 25.9. The Kier molecular flexibility index (Phi) is 10.6. The summed E-state index contributed by atoms with van der Waals surface area (Å²) in [5, 5.41) is 4.42. The minimum Gasteiger partial charge on any atom is -0.338 e. The number of piperidine rings is 1. The molecule has 1 atom stereocenters. The molecule has 29 heavy (non-hydrogen) atoms. The molecule has 0 saturated carbocycles. The van der Waals surface area contributed by atoms with E-state index in [1.54, 1.807) is 11.3 Å². The van der Waals surface area contributed by atoms with Gasteiger partial charge in [0.2, 0.25) is 5.91 Å². The van der Waals surface area contributed by atoms with Gasteiger partial charge in [-0.3, -0.25) is 4.79 Å². The van der Waals surface area contributed by atoms with Gasteiger partial charge in [0.15, 0.2) is 0 Å². The fraction of sp³-hybridized carbons (Fsp3) is 0.545. The number of carbonyl (C=O) groups excluding carboxylic acids is 1. The highest BCUT2D eigenvalue weighted by Crippen LogP contribution is 2.34. The number of carbonyl (C=O) groups is 1. The van der Waals surface area contributed by atoms with Crippen molar-refractivity contribution in [3.63, 3.8) is 0 Å². The average molecular weight is 458 g/mol. The van der Waals surface area contributed by atoms with Crippen LogP contribution in [-0.2, 0) is 4.79 Å². The quantitative estimate of drug-likeness (QED) is 0.616. The summed E-state index contributed by atoms with van der Waals surface area (Å²) in [5.74, 6) is 0.933. The minimum atomic E-state index is 0. The van der Waals surface area contributed by atoms with E-state index in [2.05, 4.69) is 43.4 Å². The highest BCUT2D eigenvalue weighted by Gasteiger charge is 2.23. The van der Waals surface area contributed by atoms with Gasteiger partial charge >= 0.3 is 0 Å². The van der Waals surface area contributed by atoms with Crippen LogP contribution in [0.2, 0.25) is 0 Å². The number of thiazole rings is 1. The van der Waals surface area contributed by atoms with Crippen LogP contribution in [0.1, 0.15) is 54.8 Å². The zero-order valence-electron chi connectivity index (χ0n) is 17.7. The second-order valence-electron chi connectivity index (χ2n) is 7.75. The van der Waals surface area contributed by atoms with Crippen LogP contribution in [0.5, 0.6) is 0 Å². The van der Waals surface area contributed by atoms with Crippen LogP contribution in [0.15, 0.2) is 24.3 Å². The lowest BCUT2D eigenvalue weighted by atomic mass is 9.93. The number of aryl methyl sites for hydroxylation is 2. The van der Waals surface area contributed by atoms with E-state index in [0.29, 0.717) is 12.3 Å². The first-order valence-electron chi connectivity index (χ1n) is 9.96. The van der Waals surface area contributed by atoms with E-state index >= 15 is 0 Å². The Bertz CT molecular complexity index is 773. The summed E-state index contributed by atoms with van der Waals surface area (Å²) in [6, 6.07) is 8.53. The Morgan fingerprint density at radius 1 is 1.21 bits per heavy atom. The largest absolute Gasteiger partial charge is 0.338 e. The molecule has 1 aliphatic heterocycles. The number of halogens is 2. The molecule has 4 nitrogen and oxygen atoms in total. The van der Waals surface area contributed by atoms with Crippen molar-refractivity contribution in [3.05, 3.63) is 40.4 Å². The Hall–Kier alpha value is -1.14. The molecule has 1 fully saturated rings. The number of amides is 1. The molecule has 0 bridgehead atoms. The number of hydrogen-bond acceptors (Lipinski definition) is 4. The van der Waals surface area contributed by atoms with Crippen LogP contribution in [0.25, 0.3) is 10.6 Å². The minimum absolute atomic E-state index is 0. The van der Waals surface area contributed by atoms with Gasteiger partial charge < -0.3 is 10.2 Å². The van der Waals surface area contributed by atoms with Gasteiger partial charge in [0.1, 0.15) is 5.01 Å². The normalized spacial score (nSPS) is 15.2. The highest BCUT2D eigenvalue weighted by molar-refractivity contribution is 7.15. The number of nitrogens with zero attached hydrogens (tertiary/aromatic N) is 2. The van der Waals surface area contributed by atoms with Crippen molar-refractivity contribution >= 4 is 42.1 Å². The van der Waals surface area contributed by atoms with E-state index in [4.69, 9.17) is 4.98 Å². The summed E-state index contributed by atoms with van der Waals surface area (Å²) in [5.41, 5.74) is 3.42. The molecular formula is C22H33Cl2N3OS. The molecule has 7 heteroatoms. The molecule has 162 valence electrons. The van der Waals surface area contributed by atoms with Crippen molar-refractivity contribution in [2.24, 2.45) is 5.92 Å². The van der Waals surface area contributed by atoms with E-state index in [1.807, 2.05) is 18.9 Å². The van der Waals surface area contributed by atoms with Gasteiger partial charge in [-0.1, -0.05) is 29.8 Å². The SMILES string of the molecule is Cc1ccc(-c2nc(C)c(C(C)N(C)C(=O)CCC3CCNCC3)s2)cc1.Cl.Cl. The first-order valence-corrected chi connectivity index (χ1v) is 10.8. The van der Waals surface area contributed by atoms with Crippen molar-refractivity contribution < 1.29 is 4.79 Å². The van der Waals surface area contributed by atoms with Crippen LogP contribution in [-0.4, -0.2) is 35.9 Å². The van der Waals surface area contributed by atoms with Crippen molar-refractivity contribution in [1.29, 1.82) is 0 Å². The molecule has 1 aliphatic rings. The summed E-state index contributed by atoms with van der Waals surface area (Å²) in [7, 11) is 1.93. The molecule has 1 aromatic heterocycles. The Morgan fingerprint density at radius 2 is 1.83 bits per heavy atom. The van der Waals surface area contributed by atoms with E-state index in [1.165, 1.54) is 23.3 Å². The molecule has 3 rings (SSSR count). The van der Waals surface area contributed by atoms with Crippen molar-refractivity contribution in [3.8, 4) is 10.6 Å².